The Morgan fingerprint density at radius 2 is 1.69 bits per heavy atom. The standard InChI is InChI=1S/C29H29ClN4S/c1-18(2)21-12-14-22(15-13-21)34-28(27(32-29(34)35)25-10-7-8-16-31-25)23-17-19(3)33(20(23)4)26-11-6-5-9-24(26)30/h5-18,27-28H,1-4H3,(H,32,35)/t27-,28+/m1/s1. The molecule has 4 nitrogen and oxygen atoms in total. The second-order valence-corrected chi connectivity index (χ2v) is 10.2. The average molecular weight is 501 g/mol. The van der Waals surface area contributed by atoms with Crippen LogP contribution in [0.15, 0.2) is 79.0 Å². The van der Waals surface area contributed by atoms with E-state index in [1.165, 1.54) is 11.1 Å². The molecule has 2 aromatic carbocycles. The van der Waals surface area contributed by atoms with Crippen LogP contribution in [0.25, 0.3) is 5.69 Å². The van der Waals surface area contributed by atoms with Crippen LogP contribution >= 0.6 is 23.8 Å². The number of benzene rings is 2. The lowest BCUT2D eigenvalue weighted by Crippen LogP contribution is -2.29. The lowest BCUT2D eigenvalue weighted by Gasteiger charge is -2.28. The first kappa shape index (κ1) is 23.6. The fourth-order valence-corrected chi connectivity index (χ4v) is 5.63. The summed E-state index contributed by atoms with van der Waals surface area (Å²) in [6, 6.07) is 24.8. The molecule has 1 aliphatic rings. The summed E-state index contributed by atoms with van der Waals surface area (Å²) in [4.78, 5) is 6.92. The van der Waals surface area contributed by atoms with Gasteiger partial charge in [0, 0.05) is 23.3 Å². The predicted octanol–water partition coefficient (Wildman–Crippen LogP) is 7.44. The molecule has 0 saturated carbocycles. The zero-order chi connectivity index (χ0) is 24.7. The van der Waals surface area contributed by atoms with Crippen LogP contribution in [0.1, 0.15) is 60.1 Å². The smallest absolute Gasteiger partial charge is 0.174 e. The molecular weight excluding hydrogens is 472 g/mol. The number of halogens is 1. The molecule has 35 heavy (non-hydrogen) atoms. The third-order valence-corrected chi connectivity index (χ3v) is 7.45. The van der Waals surface area contributed by atoms with Crippen LogP contribution in [-0.2, 0) is 0 Å². The summed E-state index contributed by atoms with van der Waals surface area (Å²) in [6.45, 7) is 8.70. The molecule has 6 heteroatoms. The Morgan fingerprint density at radius 1 is 0.971 bits per heavy atom. The van der Waals surface area contributed by atoms with Gasteiger partial charge >= 0.3 is 0 Å². The molecule has 1 aliphatic heterocycles. The zero-order valence-electron chi connectivity index (χ0n) is 20.4. The van der Waals surface area contributed by atoms with Gasteiger partial charge < -0.3 is 14.8 Å². The molecule has 2 atom stereocenters. The van der Waals surface area contributed by atoms with Crippen LogP contribution in [0.2, 0.25) is 5.02 Å². The van der Waals surface area contributed by atoms with Crippen molar-refractivity contribution in [3.8, 4) is 5.69 Å². The Hall–Kier alpha value is -3.15. The van der Waals surface area contributed by atoms with Crippen molar-refractivity contribution in [2.24, 2.45) is 0 Å². The van der Waals surface area contributed by atoms with E-state index in [4.69, 9.17) is 28.8 Å². The van der Waals surface area contributed by atoms with Gasteiger partial charge in [-0.3, -0.25) is 4.98 Å². The zero-order valence-corrected chi connectivity index (χ0v) is 21.9. The maximum atomic E-state index is 6.61. The monoisotopic (exact) mass is 500 g/mol. The van der Waals surface area contributed by atoms with Gasteiger partial charge in [0.2, 0.25) is 0 Å². The number of nitrogens with one attached hydrogen (secondary N) is 1. The van der Waals surface area contributed by atoms with Gasteiger partial charge in [-0.2, -0.15) is 0 Å². The second kappa shape index (κ2) is 9.48. The molecule has 0 aliphatic carbocycles. The maximum Gasteiger partial charge on any atom is 0.174 e. The van der Waals surface area contributed by atoms with Gasteiger partial charge in [0.05, 0.1) is 28.5 Å². The molecule has 0 bridgehead atoms. The van der Waals surface area contributed by atoms with E-state index in [-0.39, 0.29) is 12.1 Å². The molecule has 0 spiro atoms. The number of aromatic nitrogens is 2. The molecule has 0 unspecified atom stereocenters. The largest absolute Gasteiger partial charge is 0.351 e. The quantitative estimate of drug-likeness (QED) is 0.288. The second-order valence-electron chi connectivity index (χ2n) is 9.36. The Morgan fingerprint density at radius 3 is 2.34 bits per heavy atom. The van der Waals surface area contributed by atoms with Crippen molar-refractivity contribution in [2.75, 3.05) is 4.90 Å². The minimum atomic E-state index is -0.0892. The molecular formula is C29H29ClN4S. The molecule has 178 valence electrons. The lowest BCUT2D eigenvalue weighted by molar-refractivity contribution is 0.565. The van der Waals surface area contributed by atoms with Crippen molar-refractivity contribution in [2.45, 2.75) is 45.7 Å². The first-order valence-corrected chi connectivity index (χ1v) is 12.7. The van der Waals surface area contributed by atoms with Crippen LogP contribution in [-0.4, -0.2) is 14.7 Å². The maximum absolute atomic E-state index is 6.61. The highest BCUT2D eigenvalue weighted by Crippen LogP contribution is 2.44. The summed E-state index contributed by atoms with van der Waals surface area (Å²) in [6.07, 6.45) is 1.84. The highest BCUT2D eigenvalue weighted by Gasteiger charge is 2.42. The third-order valence-electron chi connectivity index (χ3n) is 6.82. The summed E-state index contributed by atoms with van der Waals surface area (Å²) < 4.78 is 2.23. The van der Waals surface area contributed by atoms with Crippen LogP contribution in [0.3, 0.4) is 0 Å². The third kappa shape index (κ3) is 4.24. The molecule has 0 radical (unpaired) electrons. The minimum Gasteiger partial charge on any atom is -0.351 e. The van der Waals surface area contributed by atoms with Gasteiger partial charge in [0.15, 0.2) is 5.11 Å². The molecule has 3 heterocycles. The summed E-state index contributed by atoms with van der Waals surface area (Å²) in [7, 11) is 0. The van der Waals surface area contributed by atoms with Crippen LogP contribution in [0.4, 0.5) is 5.69 Å². The average Bonchev–Trinajstić information content (AvgIpc) is 3.35. The number of hydrogen-bond donors (Lipinski definition) is 1. The van der Waals surface area contributed by atoms with E-state index < -0.39 is 0 Å². The summed E-state index contributed by atoms with van der Waals surface area (Å²) in [5.41, 5.74) is 7.77. The van der Waals surface area contributed by atoms with E-state index in [9.17, 15) is 0 Å². The highest BCUT2D eigenvalue weighted by atomic mass is 35.5. The molecule has 5 rings (SSSR count). The highest BCUT2D eigenvalue weighted by molar-refractivity contribution is 7.80. The Bertz CT molecular complexity index is 1360. The van der Waals surface area contributed by atoms with E-state index in [1.54, 1.807) is 0 Å². The predicted molar refractivity (Wildman–Crippen MR) is 149 cm³/mol. The van der Waals surface area contributed by atoms with Crippen molar-refractivity contribution < 1.29 is 0 Å². The summed E-state index contributed by atoms with van der Waals surface area (Å²) in [5.74, 6) is 0.472. The van der Waals surface area contributed by atoms with Crippen LogP contribution < -0.4 is 10.2 Å². The molecule has 1 saturated heterocycles. The Labute approximate surface area is 217 Å². The number of pyridine rings is 1. The number of thiocarbonyl (C=S) groups is 1. The minimum absolute atomic E-state index is 0.0651. The van der Waals surface area contributed by atoms with Gasteiger partial charge in [0.25, 0.3) is 0 Å². The molecule has 0 amide bonds. The number of hydrogen-bond acceptors (Lipinski definition) is 2. The van der Waals surface area contributed by atoms with Gasteiger partial charge in [-0.1, -0.05) is 55.8 Å². The van der Waals surface area contributed by atoms with Gasteiger partial charge in [-0.05, 0) is 85.6 Å². The van der Waals surface area contributed by atoms with Gasteiger partial charge in [-0.15, -0.1) is 0 Å². The Balaban J connectivity index is 1.67. The van der Waals surface area contributed by atoms with Crippen molar-refractivity contribution in [1.82, 2.24) is 14.9 Å². The van der Waals surface area contributed by atoms with E-state index >= 15 is 0 Å². The number of para-hydroxylation sites is 1. The number of aryl methyl sites for hydroxylation is 1. The van der Waals surface area contributed by atoms with E-state index in [2.05, 4.69) is 84.9 Å². The molecule has 1 fully saturated rings. The van der Waals surface area contributed by atoms with Crippen LogP contribution in [0, 0.1) is 13.8 Å². The van der Waals surface area contributed by atoms with Crippen molar-refractivity contribution in [3.05, 3.63) is 112 Å². The van der Waals surface area contributed by atoms with Crippen molar-refractivity contribution in [1.29, 1.82) is 0 Å². The fourth-order valence-electron chi connectivity index (χ4n) is 5.06. The summed E-state index contributed by atoms with van der Waals surface area (Å²) in [5, 5.41) is 5.00. The van der Waals surface area contributed by atoms with Gasteiger partial charge in [-0.25, -0.2) is 0 Å². The molecule has 2 aromatic heterocycles. The lowest BCUT2D eigenvalue weighted by atomic mass is 9.96. The topological polar surface area (TPSA) is 33.1 Å². The van der Waals surface area contributed by atoms with Gasteiger partial charge in [0.1, 0.15) is 0 Å². The first-order valence-electron chi connectivity index (χ1n) is 11.9. The molecule has 4 aromatic rings. The number of nitrogens with zero attached hydrogens (tertiary/aromatic N) is 3. The van der Waals surface area contributed by atoms with Crippen molar-refractivity contribution >= 4 is 34.6 Å². The normalized spacial score (nSPS) is 17.8. The van der Waals surface area contributed by atoms with E-state index in [1.807, 2.05) is 36.5 Å². The number of rotatable bonds is 5. The van der Waals surface area contributed by atoms with E-state index in [0.29, 0.717) is 11.0 Å². The molecule has 1 N–H and O–H groups in total. The number of anilines is 1. The first-order chi connectivity index (χ1) is 16.9. The van der Waals surface area contributed by atoms with Crippen LogP contribution in [0.5, 0.6) is 0 Å². The van der Waals surface area contributed by atoms with E-state index in [0.717, 1.165) is 33.5 Å². The fraction of sp³-hybridized carbons (Fsp3) is 0.241. The van der Waals surface area contributed by atoms with Crippen molar-refractivity contribution in [3.63, 3.8) is 0 Å². The Kier molecular flexibility index (Phi) is 6.39. The summed E-state index contributed by atoms with van der Waals surface area (Å²) >= 11 is 12.5. The SMILES string of the molecule is Cc1cc([C@H]2[C@@H](c3ccccn3)NC(=S)N2c2ccc(C(C)C)cc2)c(C)n1-c1ccccc1Cl.